The smallest absolute Gasteiger partial charge is 0.139 e. The molecule has 0 aliphatic heterocycles. The van der Waals surface area contributed by atoms with Crippen LogP contribution in [0, 0.1) is 0 Å². The minimum Gasteiger partial charge on any atom is -0.389 e. The Labute approximate surface area is 133 Å². The largest absolute Gasteiger partial charge is 0.389 e. The van der Waals surface area contributed by atoms with Crippen LogP contribution in [0.15, 0.2) is 60.2 Å². The minimum absolute atomic E-state index is 0.310. The van der Waals surface area contributed by atoms with Gasteiger partial charge in [-0.1, -0.05) is 36.4 Å². The zero-order chi connectivity index (χ0) is 15.2. The molecule has 0 saturated carbocycles. The Kier molecular flexibility index (Phi) is 5.00. The van der Waals surface area contributed by atoms with Crippen LogP contribution in [0.4, 0.5) is 0 Å². The molecule has 0 radical (unpaired) electrons. The van der Waals surface area contributed by atoms with Gasteiger partial charge in [-0.15, -0.1) is 11.3 Å². The fourth-order valence-corrected chi connectivity index (χ4v) is 2.91. The lowest BCUT2D eigenvalue weighted by atomic mass is 10.2. The van der Waals surface area contributed by atoms with Crippen LogP contribution in [0.1, 0.15) is 4.88 Å². The zero-order valence-electron chi connectivity index (χ0n) is 12.1. The van der Waals surface area contributed by atoms with Gasteiger partial charge in [0.2, 0.25) is 0 Å². The van der Waals surface area contributed by atoms with E-state index in [0.717, 1.165) is 11.4 Å². The SMILES string of the molecule is OC(COCc1cccs1)Cn1ccnc1-c1ccccc1. The van der Waals surface area contributed by atoms with Crippen LogP contribution in [0.25, 0.3) is 11.4 Å². The van der Waals surface area contributed by atoms with Crippen molar-refractivity contribution in [1.82, 2.24) is 9.55 Å². The third-order valence-electron chi connectivity index (χ3n) is 3.29. The maximum Gasteiger partial charge on any atom is 0.139 e. The highest BCUT2D eigenvalue weighted by atomic mass is 32.1. The summed E-state index contributed by atoms with van der Waals surface area (Å²) in [6.07, 6.45) is 3.07. The van der Waals surface area contributed by atoms with Gasteiger partial charge in [-0.25, -0.2) is 4.98 Å². The Hall–Kier alpha value is -1.95. The average molecular weight is 314 g/mol. The summed E-state index contributed by atoms with van der Waals surface area (Å²) in [5.74, 6) is 0.859. The van der Waals surface area contributed by atoms with Crippen molar-refractivity contribution in [3.63, 3.8) is 0 Å². The van der Waals surface area contributed by atoms with Crippen molar-refractivity contribution in [3.05, 3.63) is 65.1 Å². The first-order chi connectivity index (χ1) is 10.8. The Balaban J connectivity index is 1.56. The standard InChI is InChI=1S/C17H18N2O2S/c20-15(12-21-13-16-7-4-10-22-16)11-19-9-8-18-17(19)14-5-2-1-3-6-14/h1-10,15,20H,11-13H2. The first-order valence-corrected chi connectivity index (χ1v) is 8.05. The summed E-state index contributed by atoms with van der Waals surface area (Å²) in [6.45, 7) is 1.32. The summed E-state index contributed by atoms with van der Waals surface area (Å²) in [4.78, 5) is 5.54. The normalized spacial score (nSPS) is 12.4. The van der Waals surface area contributed by atoms with Gasteiger partial charge in [-0.2, -0.15) is 0 Å². The number of thiophene rings is 1. The van der Waals surface area contributed by atoms with E-state index in [9.17, 15) is 5.11 Å². The number of aliphatic hydroxyl groups is 1. The lowest BCUT2D eigenvalue weighted by Gasteiger charge is -2.14. The zero-order valence-corrected chi connectivity index (χ0v) is 12.9. The Morgan fingerprint density at radius 1 is 1.18 bits per heavy atom. The predicted molar refractivity (Wildman–Crippen MR) is 87.6 cm³/mol. The highest BCUT2D eigenvalue weighted by molar-refractivity contribution is 7.09. The molecule has 0 aliphatic rings. The van der Waals surface area contributed by atoms with Crippen molar-refractivity contribution in [3.8, 4) is 11.4 Å². The van der Waals surface area contributed by atoms with E-state index in [1.165, 1.54) is 4.88 Å². The molecule has 5 heteroatoms. The summed E-state index contributed by atoms with van der Waals surface area (Å²) < 4.78 is 7.51. The average Bonchev–Trinajstić information content (AvgIpc) is 3.20. The second-order valence-electron chi connectivity index (χ2n) is 5.02. The summed E-state index contributed by atoms with van der Waals surface area (Å²) in [5.41, 5.74) is 1.04. The fourth-order valence-electron chi connectivity index (χ4n) is 2.27. The number of imidazole rings is 1. The van der Waals surface area contributed by atoms with E-state index in [1.807, 2.05) is 58.6 Å². The molecule has 0 aliphatic carbocycles. The molecule has 0 amide bonds. The topological polar surface area (TPSA) is 47.3 Å². The summed E-state index contributed by atoms with van der Waals surface area (Å²) in [7, 11) is 0. The van der Waals surface area contributed by atoms with Crippen molar-refractivity contribution < 1.29 is 9.84 Å². The van der Waals surface area contributed by atoms with Crippen LogP contribution >= 0.6 is 11.3 Å². The number of hydrogen-bond donors (Lipinski definition) is 1. The second kappa shape index (κ2) is 7.35. The number of nitrogens with zero attached hydrogens (tertiary/aromatic N) is 2. The third kappa shape index (κ3) is 3.82. The van der Waals surface area contributed by atoms with E-state index in [4.69, 9.17) is 4.74 Å². The van der Waals surface area contributed by atoms with E-state index >= 15 is 0 Å². The molecule has 3 rings (SSSR count). The summed E-state index contributed by atoms with van der Waals surface area (Å²) in [6, 6.07) is 14.0. The molecular weight excluding hydrogens is 296 g/mol. The van der Waals surface area contributed by atoms with E-state index < -0.39 is 6.10 Å². The maximum absolute atomic E-state index is 10.2. The van der Waals surface area contributed by atoms with Gasteiger partial charge in [0, 0.05) is 22.8 Å². The minimum atomic E-state index is -0.559. The molecule has 114 valence electrons. The molecule has 1 aromatic carbocycles. The van der Waals surface area contributed by atoms with Crippen molar-refractivity contribution in [2.24, 2.45) is 0 Å². The molecule has 22 heavy (non-hydrogen) atoms. The molecular formula is C17H18N2O2S. The maximum atomic E-state index is 10.2. The van der Waals surface area contributed by atoms with Crippen LogP contribution in [0.2, 0.25) is 0 Å². The molecule has 0 fully saturated rings. The Morgan fingerprint density at radius 3 is 2.82 bits per heavy atom. The van der Waals surface area contributed by atoms with Gasteiger partial charge < -0.3 is 14.4 Å². The highest BCUT2D eigenvalue weighted by Gasteiger charge is 2.10. The highest BCUT2D eigenvalue weighted by Crippen LogP contribution is 2.17. The number of aliphatic hydroxyl groups excluding tert-OH is 1. The van der Waals surface area contributed by atoms with E-state index in [2.05, 4.69) is 4.98 Å². The Bertz CT molecular complexity index is 680. The van der Waals surface area contributed by atoms with Crippen molar-refractivity contribution >= 4 is 11.3 Å². The van der Waals surface area contributed by atoms with Crippen molar-refractivity contribution in [1.29, 1.82) is 0 Å². The van der Waals surface area contributed by atoms with Crippen LogP contribution < -0.4 is 0 Å². The number of rotatable bonds is 7. The van der Waals surface area contributed by atoms with Gasteiger partial charge in [0.1, 0.15) is 5.82 Å². The van der Waals surface area contributed by atoms with Gasteiger partial charge in [0.15, 0.2) is 0 Å². The Morgan fingerprint density at radius 2 is 2.05 bits per heavy atom. The number of aromatic nitrogens is 2. The monoisotopic (exact) mass is 314 g/mol. The van der Waals surface area contributed by atoms with Crippen LogP contribution in [-0.2, 0) is 17.9 Å². The third-order valence-corrected chi connectivity index (χ3v) is 4.14. The number of benzene rings is 1. The van der Waals surface area contributed by atoms with E-state index in [1.54, 1.807) is 17.5 Å². The first-order valence-electron chi connectivity index (χ1n) is 7.17. The summed E-state index contributed by atoms with van der Waals surface area (Å²) in [5, 5.41) is 12.2. The number of hydrogen-bond acceptors (Lipinski definition) is 4. The molecule has 0 bridgehead atoms. The fraction of sp³-hybridized carbons (Fsp3) is 0.235. The second-order valence-corrected chi connectivity index (χ2v) is 6.05. The van der Waals surface area contributed by atoms with Crippen LogP contribution in [0.3, 0.4) is 0 Å². The van der Waals surface area contributed by atoms with Crippen LogP contribution in [0.5, 0.6) is 0 Å². The lowest BCUT2D eigenvalue weighted by Crippen LogP contribution is -2.22. The number of ether oxygens (including phenoxy) is 1. The molecule has 1 N–H and O–H groups in total. The lowest BCUT2D eigenvalue weighted by molar-refractivity contribution is 0.0215. The summed E-state index contributed by atoms with van der Waals surface area (Å²) >= 11 is 1.66. The first kappa shape index (κ1) is 15.0. The van der Waals surface area contributed by atoms with Gasteiger partial charge in [-0.05, 0) is 11.4 Å². The van der Waals surface area contributed by atoms with Gasteiger partial charge >= 0.3 is 0 Å². The molecule has 3 aromatic rings. The quantitative estimate of drug-likeness (QED) is 0.728. The van der Waals surface area contributed by atoms with Gasteiger partial charge in [0.05, 0.1) is 25.9 Å². The van der Waals surface area contributed by atoms with E-state index in [0.29, 0.717) is 19.8 Å². The molecule has 1 atom stereocenters. The molecule has 1 unspecified atom stereocenters. The molecule has 0 saturated heterocycles. The molecule has 2 heterocycles. The molecule has 0 spiro atoms. The van der Waals surface area contributed by atoms with Crippen molar-refractivity contribution in [2.45, 2.75) is 19.3 Å². The molecule has 4 nitrogen and oxygen atoms in total. The predicted octanol–water partition coefficient (Wildman–Crippen LogP) is 3.19. The van der Waals surface area contributed by atoms with Crippen LogP contribution in [-0.4, -0.2) is 27.4 Å². The van der Waals surface area contributed by atoms with Crippen molar-refractivity contribution in [2.75, 3.05) is 6.61 Å². The van der Waals surface area contributed by atoms with E-state index in [-0.39, 0.29) is 0 Å². The van der Waals surface area contributed by atoms with Gasteiger partial charge in [0.25, 0.3) is 0 Å². The van der Waals surface area contributed by atoms with Gasteiger partial charge in [-0.3, -0.25) is 0 Å². The molecule has 2 aromatic heterocycles.